The molecule has 0 bridgehead atoms. The predicted octanol–water partition coefficient (Wildman–Crippen LogP) is -0.293. The molecular weight excluding hydrogens is 156 g/mol. The SMILES string of the molecule is NCc1nc(C(O)C2CC2)n[nH]1. The molecule has 5 nitrogen and oxygen atoms in total. The molecule has 0 aliphatic heterocycles. The third kappa shape index (κ3) is 1.33. The summed E-state index contributed by atoms with van der Waals surface area (Å²) < 4.78 is 0. The normalized spacial score (nSPS) is 19.5. The van der Waals surface area contributed by atoms with Crippen LogP contribution in [0.3, 0.4) is 0 Å². The minimum atomic E-state index is -0.499. The van der Waals surface area contributed by atoms with Gasteiger partial charge in [-0.25, -0.2) is 4.98 Å². The molecule has 5 heteroatoms. The van der Waals surface area contributed by atoms with Crippen molar-refractivity contribution in [3.8, 4) is 0 Å². The highest BCUT2D eigenvalue weighted by molar-refractivity contribution is 4.98. The highest BCUT2D eigenvalue weighted by atomic mass is 16.3. The van der Waals surface area contributed by atoms with Gasteiger partial charge in [-0.05, 0) is 18.8 Å². The lowest BCUT2D eigenvalue weighted by Crippen LogP contribution is -2.03. The zero-order valence-electron chi connectivity index (χ0n) is 6.70. The Morgan fingerprint density at radius 2 is 2.42 bits per heavy atom. The summed E-state index contributed by atoms with van der Waals surface area (Å²) in [6, 6.07) is 0. The third-order valence-electron chi connectivity index (χ3n) is 2.08. The number of rotatable bonds is 3. The summed E-state index contributed by atoms with van der Waals surface area (Å²) in [4.78, 5) is 4.05. The zero-order valence-corrected chi connectivity index (χ0v) is 6.70. The van der Waals surface area contributed by atoms with Crippen LogP contribution in [0.5, 0.6) is 0 Å². The predicted molar refractivity (Wildman–Crippen MR) is 42.0 cm³/mol. The summed E-state index contributed by atoms with van der Waals surface area (Å²) in [5, 5.41) is 16.1. The molecule has 1 aromatic rings. The number of aromatic nitrogens is 3. The summed E-state index contributed by atoms with van der Waals surface area (Å²) in [5.41, 5.74) is 5.34. The Morgan fingerprint density at radius 1 is 1.67 bits per heavy atom. The lowest BCUT2D eigenvalue weighted by Gasteiger charge is -2.01. The second kappa shape index (κ2) is 2.84. The van der Waals surface area contributed by atoms with Crippen molar-refractivity contribution >= 4 is 0 Å². The standard InChI is InChI=1S/C7H12N4O/c8-3-5-9-7(11-10-5)6(12)4-1-2-4/h4,6,12H,1-3,8H2,(H,9,10,11). The molecule has 1 aliphatic rings. The molecule has 66 valence electrons. The van der Waals surface area contributed by atoms with Crippen molar-refractivity contribution in [3.63, 3.8) is 0 Å². The second-order valence-corrected chi connectivity index (χ2v) is 3.13. The maximum atomic E-state index is 9.58. The first-order chi connectivity index (χ1) is 5.81. The lowest BCUT2D eigenvalue weighted by molar-refractivity contribution is 0.144. The van der Waals surface area contributed by atoms with Crippen LogP contribution < -0.4 is 5.73 Å². The summed E-state index contributed by atoms with van der Waals surface area (Å²) in [7, 11) is 0. The van der Waals surface area contributed by atoms with Gasteiger partial charge >= 0.3 is 0 Å². The molecule has 4 N–H and O–H groups in total. The molecule has 0 radical (unpaired) electrons. The Kier molecular flexibility index (Phi) is 1.82. The van der Waals surface area contributed by atoms with Crippen LogP contribution in [-0.4, -0.2) is 20.3 Å². The van der Waals surface area contributed by atoms with Gasteiger partial charge in [0.2, 0.25) is 0 Å². The summed E-state index contributed by atoms with van der Waals surface area (Å²) in [5.74, 6) is 1.48. The monoisotopic (exact) mass is 168 g/mol. The Labute approximate surface area is 70.0 Å². The highest BCUT2D eigenvalue weighted by Crippen LogP contribution is 2.39. The lowest BCUT2D eigenvalue weighted by atomic mass is 10.2. The van der Waals surface area contributed by atoms with Gasteiger partial charge in [-0.2, -0.15) is 5.10 Å². The third-order valence-corrected chi connectivity index (χ3v) is 2.08. The van der Waals surface area contributed by atoms with Crippen LogP contribution in [0.1, 0.15) is 30.6 Å². The first-order valence-electron chi connectivity index (χ1n) is 4.10. The number of aromatic amines is 1. The molecule has 0 aromatic carbocycles. The number of nitrogens with zero attached hydrogens (tertiary/aromatic N) is 2. The first-order valence-corrected chi connectivity index (χ1v) is 4.10. The first kappa shape index (κ1) is 7.70. The van der Waals surface area contributed by atoms with E-state index in [9.17, 15) is 5.11 Å². The molecule has 0 amide bonds. The molecule has 1 atom stereocenters. The van der Waals surface area contributed by atoms with E-state index < -0.39 is 6.10 Å². The smallest absolute Gasteiger partial charge is 0.179 e. The number of aliphatic hydroxyl groups excluding tert-OH is 1. The van der Waals surface area contributed by atoms with Gasteiger partial charge in [-0.3, -0.25) is 5.10 Å². The number of nitrogens with two attached hydrogens (primary N) is 1. The van der Waals surface area contributed by atoms with Crippen molar-refractivity contribution in [2.24, 2.45) is 11.7 Å². The minimum Gasteiger partial charge on any atom is -0.385 e. The van der Waals surface area contributed by atoms with Crippen LogP contribution in [0, 0.1) is 5.92 Å². The van der Waals surface area contributed by atoms with Crippen LogP contribution in [0.15, 0.2) is 0 Å². The molecule has 1 aliphatic carbocycles. The van der Waals surface area contributed by atoms with E-state index in [1.54, 1.807) is 0 Å². The Balaban J connectivity index is 2.10. The van der Waals surface area contributed by atoms with Gasteiger partial charge < -0.3 is 10.8 Å². The van der Waals surface area contributed by atoms with Gasteiger partial charge in [0.05, 0.1) is 6.54 Å². The maximum Gasteiger partial charge on any atom is 0.179 e. The molecule has 1 heterocycles. The van der Waals surface area contributed by atoms with Crippen molar-refractivity contribution in [1.29, 1.82) is 0 Å². The summed E-state index contributed by atoms with van der Waals surface area (Å²) in [6.45, 7) is 0.338. The second-order valence-electron chi connectivity index (χ2n) is 3.13. The molecule has 1 aromatic heterocycles. The molecule has 1 saturated carbocycles. The Bertz CT molecular complexity index is 268. The number of nitrogens with one attached hydrogen (secondary N) is 1. The van der Waals surface area contributed by atoms with Gasteiger partial charge in [0.25, 0.3) is 0 Å². The molecular formula is C7H12N4O. The molecule has 12 heavy (non-hydrogen) atoms. The number of hydrogen-bond acceptors (Lipinski definition) is 4. The van der Waals surface area contributed by atoms with Gasteiger partial charge in [0.15, 0.2) is 5.82 Å². The molecule has 0 spiro atoms. The zero-order chi connectivity index (χ0) is 8.55. The minimum absolute atomic E-state index is 0.338. The van der Waals surface area contributed by atoms with E-state index in [-0.39, 0.29) is 0 Å². The van der Waals surface area contributed by atoms with E-state index in [4.69, 9.17) is 5.73 Å². The largest absolute Gasteiger partial charge is 0.385 e. The van der Waals surface area contributed by atoms with E-state index in [1.165, 1.54) is 0 Å². The van der Waals surface area contributed by atoms with E-state index in [2.05, 4.69) is 15.2 Å². The Morgan fingerprint density at radius 3 is 2.92 bits per heavy atom. The average molecular weight is 168 g/mol. The van der Waals surface area contributed by atoms with E-state index >= 15 is 0 Å². The van der Waals surface area contributed by atoms with Crippen molar-refractivity contribution < 1.29 is 5.11 Å². The van der Waals surface area contributed by atoms with Gasteiger partial charge in [0.1, 0.15) is 11.9 Å². The van der Waals surface area contributed by atoms with E-state index in [1.807, 2.05) is 0 Å². The van der Waals surface area contributed by atoms with Crippen molar-refractivity contribution in [3.05, 3.63) is 11.6 Å². The van der Waals surface area contributed by atoms with Crippen LogP contribution >= 0.6 is 0 Å². The molecule has 0 saturated heterocycles. The van der Waals surface area contributed by atoms with Gasteiger partial charge in [-0.1, -0.05) is 0 Å². The summed E-state index contributed by atoms with van der Waals surface area (Å²) in [6.07, 6.45) is 1.66. The van der Waals surface area contributed by atoms with Crippen LogP contribution in [0.4, 0.5) is 0 Å². The van der Waals surface area contributed by atoms with Crippen molar-refractivity contribution in [1.82, 2.24) is 15.2 Å². The number of aliphatic hydroxyl groups is 1. The molecule has 1 unspecified atom stereocenters. The van der Waals surface area contributed by atoms with E-state index in [0.29, 0.717) is 24.1 Å². The van der Waals surface area contributed by atoms with E-state index in [0.717, 1.165) is 12.8 Å². The van der Waals surface area contributed by atoms with Crippen molar-refractivity contribution in [2.75, 3.05) is 0 Å². The fourth-order valence-corrected chi connectivity index (χ4v) is 1.16. The molecule has 2 rings (SSSR count). The highest BCUT2D eigenvalue weighted by Gasteiger charge is 2.33. The van der Waals surface area contributed by atoms with Crippen molar-refractivity contribution in [2.45, 2.75) is 25.5 Å². The topological polar surface area (TPSA) is 87.8 Å². The average Bonchev–Trinajstić information content (AvgIpc) is 2.82. The maximum absolute atomic E-state index is 9.58. The quantitative estimate of drug-likeness (QED) is 0.578. The van der Waals surface area contributed by atoms with Gasteiger partial charge in [0, 0.05) is 0 Å². The fourth-order valence-electron chi connectivity index (χ4n) is 1.16. The van der Waals surface area contributed by atoms with Crippen LogP contribution in [-0.2, 0) is 6.54 Å². The van der Waals surface area contributed by atoms with Gasteiger partial charge in [-0.15, -0.1) is 0 Å². The summed E-state index contributed by atoms with van der Waals surface area (Å²) >= 11 is 0. The Hall–Kier alpha value is -0.940. The number of hydrogen-bond donors (Lipinski definition) is 3. The fraction of sp³-hybridized carbons (Fsp3) is 0.714. The molecule has 1 fully saturated rings. The number of H-pyrrole nitrogens is 1. The van der Waals surface area contributed by atoms with Crippen LogP contribution in [0.2, 0.25) is 0 Å². The van der Waals surface area contributed by atoms with Crippen LogP contribution in [0.25, 0.3) is 0 Å².